The lowest BCUT2D eigenvalue weighted by atomic mass is 10.4. The molecule has 20 heavy (non-hydrogen) atoms. The van der Waals surface area contributed by atoms with Crippen LogP contribution in [0.15, 0.2) is 46.7 Å². The van der Waals surface area contributed by atoms with Gasteiger partial charge in [-0.05, 0) is 18.7 Å². The Kier molecular flexibility index (Phi) is 3.75. The van der Waals surface area contributed by atoms with Crippen LogP contribution in [0.4, 0.5) is 0 Å². The minimum absolute atomic E-state index is 0.810. The first kappa shape index (κ1) is 13.2. The Labute approximate surface area is 122 Å². The van der Waals surface area contributed by atoms with E-state index in [9.17, 15) is 0 Å². The molecule has 1 N–H and O–H groups in total. The van der Waals surface area contributed by atoms with Crippen molar-refractivity contribution in [1.82, 2.24) is 24.5 Å². The van der Waals surface area contributed by atoms with Crippen molar-refractivity contribution in [2.45, 2.75) is 23.4 Å². The molecule has 3 aromatic heterocycles. The van der Waals surface area contributed by atoms with Crippen molar-refractivity contribution in [1.29, 1.82) is 0 Å². The van der Waals surface area contributed by atoms with Crippen LogP contribution in [0.25, 0.3) is 5.65 Å². The standard InChI is InChI=1S/C14H17N5S/c1-3-15-9-12-14(20-11-8-16-18(2)10-11)17-13-6-4-5-7-19(12)13/h4-8,10,15H,3,9H2,1-2H3. The van der Waals surface area contributed by atoms with Crippen LogP contribution < -0.4 is 5.32 Å². The first-order valence-corrected chi connectivity index (χ1v) is 7.42. The number of pyridine rings is 1. The molecule has 0 bridgehead atoms. The van der Waals surface area contributed by atoms with Crippen molar-refractivity contribution in [2.75, 3.05) is 6.54 Å². The van der Waals surface area contributed by atoms with E-state index in [-0.39, 0.29) is 0 Å². The molecule has 0 atom stereocenters. The zero-order valence-corrected chi connectivity index (χ0v) is 12.4. The summed E-state index contributed by atoms with van der Waals surface area (Å²) in [5.74, 6) is 0. The van der Waals surface area contributed by atoms with E-state index in [4.69, 9.17) is 4.98 Å². The first-order valence-electron chi connectivity index (χ1n) is 6.61. The lowest BCUT2D eigenvalue weighted by molar-refractivity contribution is 0.694. The number of hydrogen-bond acceptors (Lipinski definition) is 4. The molecule has 0 spiro atoms. The van der Waals surface area contributed by atoms with Gasteiger partial charge in [0, 0.05) is 26.0 Å². The van der Waals surface area contributed by atoms with Crippen LogP contribution in [-0.4, -0.2) is 25.7 Å². The van der Waals surface area contributed by atoms with Crippen molar-refractivity contribution >= 4 is 17.4 Å². The molecular formula is C14H17N5S. The molecule has 5 nitrogen and oxygen atoms in total. The number of hydrogen-bond donors (Lipinski definition) is 1. The second-order valence-corrected chi connectivity index (χ2v) is 5.59. The summed E-state index contributed by atoms with van der Waals surface area (Å²) in [6.07, 6.45) is 5.93. The van der Waals surface area contributed by atoms with Crippen molar-refractivity contribution in [3.8, 4) is 0 Å². The summed E-state index contributed by atoms with van der Waals surface area (Å²) in [6.45, 7) is 3.86. The predicted molar refractivity (Wildman–Crippen MR) is 79.9 cm³/mol. The van der Waals surface area contributed by atoms with Gasteiger partial charge in [0.25, 0.3) is 0 Å². The van der Waals surface area contributed by atoms with Crippen molar-refractivity contribution in [3.63, 3.8) is 0 Å². The molecule has 0 fully saturated rings. The summed E-state index contributed by atoms with van der Waals surface area (Å²) in [5, 5.41) is 8.62. The molecule has 0 amide bonds. The molecule has 0 unspecified atom stereocenters. The van der Waals surface area contributed by atoms with Gasteiger partial charge < -0.3 is 9.72 Å². The molecule has 104 valence electrons. The Bertz CT molecular complexity index is 715. The molecule has 0 aliphatic rings. The largest absolute Gasteiger partial charge is 0.311 e. The maximum Gasteiger partial charge on any atom is 0.138 e. The van der Waals surface area contributed by atoms with Gasteiger partial charge in [0.15, 0.2) is 0 Å². The lowest BCUT2D eigenvalue weighted by Gasteiger charge is -2.04. The predicted octanol–water partition coefficient (Wildman–Crippen LogP) is 2.33. The summed E-state index contributed by atoms with van der Waals surface area (Å²) >= 11 is 1.66. The number of fused-ring (bicyclic) bond motifs is 1. The number of nitrogens with zero attached hydrogens (tertiary/aromatic N) is 4. The number of aryl methyl sites for hydroxylation is 1. The molecule has 6 heteroatoms. The molecule has 3 rings (SSSR count). The van der Waals surface area contributed by atoms with E-state index in [2.05, 4.69) is 27.9 Å². The zero-order valence-electron chi connectivity index (χ0n) is 11.6. The summed E-state index contributed by atoms with van der Waals surface area (Å²) in [6, 6.07) is 6.07. The fraction of sp³-hybridized carbons (Fsp3) is 0.286. The van der Waals surface area contributed by atoms with Crippen LogP contribution >= 0.6 is 11.8 Å². The van der Waals surface area contributed by atoms with E-state index in [1.807, 2.05) is 42.3 Å². The summed E-state index contributed by atoms with van der Waals surface area (Å²) < 4.78 is 3.95. The highest BCUT2D eigenvalue weighted by Gasteiger charge is 2.13. The van der Waals surface area contributed by atoms with Crippen molar-refractivity contribution < 1.29 is 0 Å². The maximum atomic E-state index is 4.72. The average Bonchev–Trinajstić information content (AvgIpc) is 3.00. The maximum absolute atomic E-state index is 4.72. The molecular weight excluding hydrogens is 270 g/mol. The lowest BCUT2D eigenvalue weighted by Crippen LogP contribution is -2.13. The van der Waals surface area contributed by atoms with Gasteiger partial charge in [-0.2, -0.15) is 5.10 Å². The fourth-order valence-electron chi connectivity index (χ4n) is 2.07. The minimum atomic E-state index is 0.810. The minimum Gasteiger partial charge on any atom is -0.311 e. The van der Waals surface area contributed by atoms with Crippen LogP contribution in [0.2, 0.25) is 0 Å². The highest BCUT2D eigenvalue weighted by Crippen LogP contribution is 2.30. The molecule has 0 radical (unpaired) electrons. The van der Waals surface area contributed by atoms with E-state index in [1.54, 1.807) is 11.8 Å². The van der Waals surface area contributed by atoms with Gasteiger partial charge in [-0.1, -0.05) is 24.8 Å². The second kappa shape index (κ2) is 5.68. The van der Waals surface area contributed by atoms with Gasteiger partial charge >= 0.3 is 0 Å². The fourth-order valence-corrected chi connectivity index (χ4v) is 3.03. The van der Waals surface area contributed by atoms with Gasteiger partial charge in [0.2, 0.25) is 0 Å². The van der Waals surface area contributed by atoms with Crippen molar-refractivity contribution in [3.05, 3.63) is 42.5 Å². The summed E-state index contributed by atoms with van der Waals surface area (Å²) in [7, 11) is 1.92. The summed E-state index contributed by atoms with van der Waals surface area (Å²) in [4.78, 5) is 5.82. The monoisotopic (exact) mass is 287 g/mol. The third kappa shape index (κ3) is 2.57. The number of nitrogens with one attached hydrogen (secondary N) is 1. The van der Waals surface area contributed by atoms with Gasteiger partial charge in [0.05, 0.1) is 16.8 Å². The molecule has 0 aliphatic carbocycles. The quantitative estimate of drug-likeness (QED) is 0.782. The smallest absolute Gasteiger partial charge is 0.138 e. The van der Waals surface area contributed by atoms with E-state index < -0.39 is 0 Å². The SMILES string of the molecule is CCNCc1c(Sc2cnn(C)c2)nc2ccccn12. The van der Waals surface area contributed by atoms with E-state index in [0.717, 1.165) is 28.7 Å². The van der Waals surface area contributed by atoms with E-state index in [0.29, 0.717) is 0 Å². The topological polar surface area (TPSA) is 47.2 Å². The molecule has 0 saturated heterocycles. The highest BCUT2D eigenvalue weighted by atomic mass is 32.2. The Balaban J connectivity index is 1.99. The van der Waals surface area contributed by atoms with Crippen LogP contribution in [0.5, 0.6) is 0 Å². The van der Waals surface area contributed by atoms with E-state index in [1.165, 1.54) is 5.69 Å². The van der Waals surface area contributed by atoms with E-state index >= 15 is 0 Å². The number of rotatable bonds is 5. The second-order valence-electron chi connectivity index (χ2n) is 4.52. The first-order chi connectivity index (χ1) is 9.78. The van der Waals surface area contributed by atoms with Gasteiger partial charge in [-0.25, -0.2) is 4.98 Å². The summed E-state index contributed by atoms with van der Waals surface area (Å²) in [5.41, 5.74) is 2.17. The molecule has 0 aliphatic heterocycles. The number of aromatic nitrogens is 4. The Morgan fingerprint density at radius 2 is 2.25 bits per heavy atom. The Hall–Kier alpha value is -1.79. The Morgan fingerprint density at radius 1 is 1.35 bits per heavy atom. The molecule has 3 heterocycles. The third-order valence-electron chi connectivity index (χ3n) is 3.03. The van der Waals surface area contributed by atoms with Crippen LogP contribution in [0, 0.1) is 0 Å². The Morgan fingerprint density at radius 3 is 3.00 bits per heavy atom. The zero-order chi connectivity index (χ0) is 13.9. The van der Waals surface area contributed by atoms with Crippen molar-refractivity contribution in [2.24, 2.45) is 7.05 Å². The third-order valence-corrected chi connectivity index (χ3v) is 4.00. The van der Waals surface area contributed by atoms with Crippen LogP contribution in [0.3, 0.4) is 0 Å². The normalized spacial score (nSPS) is 11.3. The van der Waals surface area contributed by atoms with Crippen LogP contribution in [-0.2, 0) is 13.6 Å². The van der Waals surface area contributed by atoms with Crippen LogP contribution in [0.1, 0.15) is 12.6 Å². The molecule has 3 aromatic rings. The number of imidazole rings is 1. The van der Waals surface area contributed by atoms with Gasteiger partial charge in [0.1, 0.15) is 10.7 Å². The highest BCUT2D eigenvalue weighted by molar-refractivity contribution is 7.99. The molecule has 0 saturated carbocycles. The average molecular weight is 287 g/mol. The van der Waals surface area contributed by atoms with Gasteiger partial charge in [-0.15, -0.1) is 0 Å². The molecule has 0 aromatic carbocycles. The van der Waals surface area contributed by atoms with Gasteiger partial charge in [-0.3, -0.25) is 4.68 Å².